The van der Waals surface area contributed by atoms with E-state index in [1.54, 1.807) is 36.4 Å². The molecule has 2 heterocycles. The molecule has 0 radical (unpaired) electrons. The first-order chi connectivity index (χ1) is 19.3. The summed E-state index contributed by atoms with van der Waals surface area (Å²) in [6, 6.07) is 14.2. The van der Waals surface area contributed by atoms with Crippen LogP contribution in [0.25, 0.3) is 11.0 Å². The summed E-state index contributed by atoms with van der Waals surface area (Å²) < 4.78 is 10.2. The number of aromatic amines is 1. The van der Waals surface area contributed by atoms with Crippen LogP contribution in [0.2, 0.25) is 5.02 Å². The number of esters is 1. The number of hydrogen-bond acceptors (Lipinski definition) is 9. The van der Waals surface area contributed by atoms with Crippen LogP contribution in [0.4, 0.5) is 5.69 Å². The van der Waals surface area contributed by atoms with E-state index < -0.39 is 35.0 Å². The van der Waals surface area contributed by atoms with Crippen molar-refractivity contribution in [1.29, 1.82) is 0 Å². The molecule has 1 unspecified atom stereocenters. The van der Waals surface area contributed by atoms with Crippen LogP contribution in [0, 0.1) is 5.92 Å². The number of H-pyrrole nitrogens is 1. The molecule has 3 N–H and O–H groups in total. The average molecular weight is 563 g/mol. The number of para-hydroxylation sites is 2. The van der Waals surface area contributed by atoms with Crippen molar-refractivity contribution >= 4 is 51.8 Å². The second kappa shape index (κ2) is 12.6. The van der Waals surface area contributed by atoms with Gasteiger partial charge in [-0.25, -0.2) is 10.4 Å². The Morgan fingerprint density at radius 3 is 2.55 bits per heavy atom. The predicted octanol–water partition coefficient (Wildman–Crippen LogP) is 2.74. The molecule has 0 aliphatic rings. The van der Waals surface area contributed by atoms with Gasteiger partial charge in [-0.1, -0.05) is 23.7 Å². The van der Waals surface area contributed by atoms with Crippen molar-refractivity contribution in [1.82, 2.24) is 20.4 Å². The number of nitrogens with one attached hydrogen (secondary N) is 3. The van der Waals surface area contributed by atoms with Crippen molar-refractivity contribution in [3.05, 3.63) is 93.6 Å². The molecule has 2 aromatic carbocycles. The van der Waals surface area contributed by atoms with Crippen molar-refractivity contribution in [2.45, 2.75) is 6.42 Å². The third kappa shape index (κ3) is 6.48. The summed E-state index contributed by atoms with van der Waals surface area (Å²) in [7, 11) is 2.55. The number of fused-ring (bicyclic) bond motifs is 1. The second-order valence-electron chi connectivity index (χ2n) is 8.28. The maximum atomic E-state index is 13.5. The largest absolute Gasteiger partial charge is 0.495 e. The molecule has 2 aromatic heterocycles. The molecule has 0 fully saturated rings. The zero-order valence-corrected chi connectivity index (χ0v) is 22.1. The Morgan fingerprint density at radius 1 is 1.07 bits per heavy atom. The topological polar surface area (TPSA) is 165 Å². The Morgan fingerprint density at radius 2 is 1.82 bits per heavy atom. The minimum Gasteiger partial charge on any atom is -0.495 e. The van der Waals surface area contributed by atoms with Crippen LogP contribution in [-0.4, -0.2) is 52.7 Å². The van der Waals surface area contributed by atoms with Crippen LogP contribution in [-0.2, 0) is 20.7 Å². The van der Waals surface area contributed by atoms with E-state index in [0.29, 0.717) is 21.8 Å². The van der Waals surface area contributed by atoms with Crippen LogP contribution in [0.5, 0.6) is 5.75 Å². The summed E-state index contributed by atoms with van der Waals surface area (Å²) in [6.07, 6.45) is 2.45. The summed E-state index contributed by atoms with van der Waals surface area (Å²) in [5.41, 5.74) is 2.48. The lowest BCUT2D eigenvalue weighted by Crippen LogP contribution is -2.39. The number of hydrogen-bond donors (Lipinski definition) is 3. The van der Waals surface area contributed by atoms with Crippen molar-refractivity contribution < 1.29 is 23.9 Å². The Bertz CT molecular complexity index is 1660. The molecule has 4 rings (SSSR count). The highest BCUT2D eigenvalue weighted by Crippen LogP contribution is 2.24. The smallest absolute Gasteiger partial charge is 0.315 e. The highest BCUT2D eigenvalue weighted by molar-refractivity contribution is 6.46. The number of halogens is 1. The lowest BCUT2D eigenvalue weighted by molar-refractivity contribution is -0.143. The quantitative estimate of drug-likeness (QED) is 0.159. The number of ether oxygens (including phenoxy) is 2. The van der Waals surface area contributed by atoms with Gasteiger partial charge in [0.2, 0.25) is 0 Å². The average Bonchev–Trinajstić information content (AvgIpc) is 2.97. The van der Waals surface area contributed by atoms with Crippen molar-refractivity contribution in [2.75, 3.05) is 19.5 Å². The number of aromatic nitrogens is 3. The molecule has 13 heteroatoms. The number of benzene rings is 2. The molecule has 204 valence electrons. The Labute approximate surface area is 232 Å². The van der Waals surface area contributed by atoms with Gasteiger partial charge in [0.1, 0.15) is 23.1 Å². The number of methoxy groups -OCH3 is 2. The molecule has 1 atom stereocenters. The van der Waals surface area contributed by atoms with Gasteiger partial charge in [0.05, 0.1) is 30.9 Å². The van der Waals surface area contributed by atoms with Gasteiger partial charge in [-0.05, 0) is 42.5 Å². The summed E-state index contributed by atoms with van der Waals surface area (Å²) in [6.45, 7) is 0. The van der Waals surface area contributed by atoms with Gasteiger partial charge in [0.15, 0.2) is 0 Å². The third-order valence-electron chi connectivity index (χ3n) is 5.75. The molecular weight excluding hydrogens is 540 g/mol. The molecular formula is C27H23ClN6O6. The number of hydrazone groups is 1. The minimum absolute atomic E-state index is 0.0662. The van der Waals surface area contributed by atoms with E-state index in [1.165, 1.54) is 37.7 Å². The Kier molecular flexibility index (Phi) is 8.82. The van der Waals surface area contributed by atoms with E-state index in [4.69, 9.17) is 21.1 Å². The van der Waals surface area contributed by atoms with Gasteiger partial charge >= 0.3 is 5.97 Å². The number of carbonyl (C=O) groups excluding carboxylic acids is 3. The number of carbonyl (C=O) groups is 3. The van der Waals surface area contributed by atoms with E-state index in [9.17, 15) is 19.2 Å². The molecule has 12 nitrogen and oxygen atoms in total. The fraction of sp³-hybridized carbons (Fsp3) is 0.148. The zero-order valence-electron chi connectivity index (χ0n) is 21.3. The first-order valence-electron chi connectivity index (χ1n) is 11.8. The zero-order chi connectivity index (χ0) is 28.6. The van der Waals surface area contributed by atoms with Crippen LogP contribution >= 0.6 is 11.6 Å². The highest BCUT2D eigenvalue weighted by Gasteiger charge is 2.33. The standard InChI is InChI=1S/C27H23ClN6O6/c1-39-22-6-4-3-5-19(22)31-26(37)23(33-34-24(35)15-9-11-29-12-10-15)17(27(38)40-2)14-21-25(36)32-20-13-16(28)7-8-18(20)30-21/h3-13,17H,14H2,1-2H3,(H,31,37)(H,32,36)(H,34,35)/b33-23-. The van der Waals surface area contributed by atoms with E-state index in [-0.39, 0.29) is 23.4 Å². The van der Waals surface area contributed by atoms with Crippen LogP contribution in [0.3, 0.4) is 0 Å². The van der Waals surface area contributed by atoms with E-state index in [2.05, 4.69) is 30.8 Å². The Hall–Kier alpha value is -5.10. The van der Waals surface area contributed by atoms with Crippen LogP contribution in [0.1, 0.15) is 16.1 Å². The predicted molar refractivity (Wildman–Crippen MR) is 147 cm³/mol. The second-order valence-corrected chi connectivity index (χ2v) is 8.72. The molecule has 0 aliphatic carbocycles. The van der Waals surface area contributed by atoms with E-state index in [0.717, 1.165) is 7.11 Å². The highest BCUT2D eigenvalue weighted by atomic mass is 35.5. The lowest BCUT2D eigenvalue weighted by Gasteiger charge is -2.18. The normalized spacial score (nSPS) is 11.9. The van der Waals surface area contributed by atoms with Crippen LogP contribution < -0.4 is 21.0 Å². The summed E-state index contributed by atoms with van der Waals surface area (Å²) in [5, 5.41) is 7.04. The number of pyridine rings is 1. The maximum absolute atomic E-state index is 13.5. The molecule has 4 aromatic rings. The molecule has 0 saturated carbocycles. The number of amides is 2. The monoisotopic (exact) mass is 562 g/mol. The van der Waals surface area contributed by atoms with E-state index >= 15 is 0 Å². The maximum Gasteiger partial charge on any atom is 0.315 e. The summed E-state index contributed by atoms with van der Waals surface area (Å²) >= 11 is 6.01. The van der Waals surface area contributed by atoms with Gasteiger partial charge < -0.3 is 19.8 Å². The molecule has 40 heavy (non-hydrogen) atoms. The molecule has 0 spiro atoms. The molecule has 2 amide bonds. The van der Waals surface area contributed by atoms with Gasteiger partial charge in [0.25, 0.3) is 17.4 Å². The van der Waals surface area contributed by atoms with Crippen molar-refractivity contribution in [3.63, 3.8) is 0 Å². The van der Waals surface area contributed by atoms with Gasteiger partial charge in [0, 0.05) is 29.4 Å². The summed E-state index contributed by atoms with van der Waals surface area (Å²) in [5.74, 6) is -3.48. The third-order valence-corrected chi connectivity index (χ3v) is 5.98. The van der Waals surface area contributed by atoms with Crippen LogP contribution in [0.15, 0.2) is 76.9 Å². The Balaban J connectivity index is 1.75. The molecule has 0 bridgehead atoms. The van der Waals surface area contributed by atoms with Gasteiger partial charge in [-0.3, -0.25) is 24.2 Å². The number of anilines is 1. The van der Waals surface area contributed by atoms with E-state index in [1.807, 2.05) is 0 Å². The molecule has 0 saturated heterocycles. The fourth-order valence-electron chi connectivity index (χ4n) is 3.76. The molecule has 0 aliphatic heterocycles. The number of rotatable bonds is 9. The van der Waals surface area contributed by atoms with Gasteiger partial charge in [-0.2, -0.15) is 5.10 Å². The summed E-state index contributed by atoms with van der Waals surface area (Å²) in [4.78, 5) is 62.9. The fourth-order valence-corrected chi connectivity index (χ4v) is 3.93. The number of nitrogens with zero attached hydrogens (tertiary/aromatic N) is 3. The van der Waals surface area contributed by atoms with Gasteiger partial charge in [-0.15, -0.1) is 0 Å². The minimum atomic E-state index is -1.43. The first kappa shape index (κ1) is 27.9. The lowest BCUT2D eigenvalue weighted by atomic mass is 9.96. The first-order valence-corrected chi connectivity index (χ1v) is 12.2. The van der Waals surface area contributed by atoms with Crippen molar-refractivity contribution in [3.8, 4) is 5.75 Å². The van der Waals surface area contributed by atoms with Crippen molar-refractivity contribution in [2.24, 2.45) is 11.0 Å². The SMILES string of the molecule is COC(=O)C(Cc1nc2ccc(Cl)cc2[nH]c1=O)/C(=N/NC(=O)c1ccncc1)C(=O)Nc1ccccc1OC.